The van der Waals surface area contributed by atoms with E-state index in [0.29, 0.717) is 52.8 Å². The number of rotatable bonds is 8. The van der Waals surface area contributed by atoms with E-state index >= 15 is 0 Å². The number of amides is 3. The van der Waals surface area contributed by atoms with E-state index in [1.807, 2.05) is 13.8 Å². The molecule has 4 unspecified atom stereocenters. The lowest BCUT2D eigenvalue weighted by atomic mass is 10.0. The predicted molar refractivity (Wildman–Crippen MR) is 224 cm³/mol. The molecule has 2 aromatic heterocycles. The molecule has 0 radical (unpaired) electrons. The summed E-state index contributed by atoms with van der Waals surface area (Å²) < 4.78 is 90.2. The highest BCUT2D eigenvalue weighted by atomic mass is 35.5. The summed E-state index contributed by atoms with van der Waals surface area (Å²) in [5.74, 6) is 0.399. The Morgan fingerprint density at radius 1 is 0.952 bits per heavy atom. The number of nitrogens with two attached hydrogens (primary N) is 1. The van der Waals surface area contributed by atoms with Crippen molar-refractivity contribution in [1.82, 2.24) is 24.2 Å². The van der Waals surface area contributed by atoms with Crippen LogP contribution in [0, 0.1) is 13.8 Å². The summed E-state index contributed by atoms with van der Waals surface area (Å²) in [5.41, 5.74) is 7.34. The largest absolute Gasteiger partial charge is 0.527 e. The van der Waals surface area contributed by atoms with E-state index in [-0.39, 0.29) is 51.7 Å². The van der Waals surface area contributed by atoms with Crippen molar-refractivity contribution in [3.8, 4) is 17.0 Å². The summed E-state index contributed by atoms with van der Waals surface area (Å²) in [6.45, 7) is 6.64. The highest BCUT2D eigenvalue weighted by molar-refractivity contribution is 6.35. The Morgan fingerprint density at radius 3 is 2.32 bits per heavy atom. The fourth-order valence-corrected chi connectivity index (χ4v) is 9.07. The number of nitrogen functional groups attached to an aromatic ring is 1. The van der Waals surface area contributed by atoms with Crippen LogP contribution in [-0.2, 0) is 18.8 Å². The van der Waals surface area contributed by atoms with Crippen molar-refractivity contribution in [1.29, 1.82) is 0 Å². The van der Waals surface area contributed by atoms with Gasteiger partial charge in [0.1, 0.15) is 29.3 Å². The number of anilines is 3. The Kier molecular flexibility index (Phi) is 10.7. The number of para-hydroxylation sites is 1. The minimum atomic E-state index is -4.63. The van der Waals surface area contributed by atoms with Crippen molar-refractivity contribution in [2.24, 2.45) is 0 Å². The van der Waals surface area contributed by atoms with Crippen molar-refractivity contribution in [2.75, 3.05) is 22.5 Å². The molecular weight excluding hydrogens is 838 g/mol. The number of quaternary nitrogens is 1. The molecular formula is C44H40ClF6N8O3+. The lowest BCUT2D eigenvalue weighted by Gasteiger charge is -2.20. The van der Waals surface area contributed by atoms with Gasteiger partial charge < -0.3 is 15.8 Å². The van der Waals surface area contributed by atoms with Crippen LogP contribution in [0.25, 0.3) is 22.3 Å². The smallest absolute Gasteiger partial charge is 0.383 e. The highest BCUT2D eigenvalue weighted by Crippen LogP contribution is 2.51. The lowest BCUT2D eigenvalue weighted by molar-refractivity contribution is -0.138. The van der Waals surface area contributed by atoms with Gasteiger partial charge in [-0.2, -0.15) is 40.7 Å². The Bertz CT molecular complexity index is 2740. The molecule has 2 aliphatic rings. The molecule has 1 saturated heterocycles. The molecule has 18 heteroatoms. The first-order chi connectivity index (χ1) is 29.3. The number of halogens is 7. The summed E-state index contributed by atoms with van der Waals surface area (Å²) in [7, 11) is 0. The zero-order chi connectivity index (χ0) is 44.5. The van der Waals surface area contributed by atoms with Crippen LogP contribution in [0.1, 0.15) is 60.5 Å². The van der Waals surface area contributed by atoms with Gasteiger partial charge in [-0.1, -0.05) is 41.9 Å². The normalized spacial score (nSPS) is 19.0. The minimum Gasteiger partial charge on any atom is -0.383 e. The first kappa shape index (κ1) is 42.5. The number of hydrogen-bond donors (Lipinski definition) is 2. The van der Waals surface area contributed by atoms with Gasteiger partial charge in [0.05, 0.1) is 33.3 Å². The Labute approximate surface area is 356 Å². The van der Waals surface area contributed by atoms with E-state index in [0.717, 1.165) is 12.1 Å². The molecule has 322 valence electrons. The number of benzene rings is 4. The molecule has 62 heavy (non-hydrogen) atoms. The Hall–Kier alpha value is -6.20. The van der Waals surface area contributed by atoms with Gasteiger partial charge in [-0.05, 0) is 93.6 Å². The second kappa shape index (κ2) is 15.6. The summed E-state index contributed by atoms with van der Waals surface area (Å²) in [6, 6.07) is 17.4. The number of carbonyl (C=O) groups excluding carboxylic acids is 2. The maximum Gasteiger partial charge on any atom is 0.527 e. The third-order valence-electron chi connectivity index (χ3n) is 12.0. The molecule has 11 nitrogen and oxygen atoms in total. The van der Waals surface area contributed by atoms with Crippen LogP contribution in [0.4, 0.5) is 58.8 Å². The van der Waals surface area contributed by atoms with Crippen LogP contribution in [0.15, 0.2) is 85.2 Å². The number of carbonyl (C=O) groups is 2. The molecule has 1 fully saturated rings. The number of hydrogen-bond acceptors (Lipinski definition) is 7. The molecule has 6 aromatic rings. The van der Waals surface area contributed by atoms with E-state index in [2.05, 4.69) is 15.3 Å². The third kappa shape index (κ3) is 7.36. The molecule has 0 aliphatic carbocycles. The standard InChI is InChI=1S/C44H39ClF6N8O3/c1-23-10-13-27(20-32(23)43(46,47)48)55-41(60)57-19-18-30-34(57)16-15-31(37(30)45)38-36-39(52)53-22-54-40(36)58(56-38)25(3)12-17-35-26(4)59(35,42(61)62-29-8-6-5-7-9-29)28-14-11-24(2)33(21-28)44(49,50)51/h5-11,13-16,20-22,25-26,35H,12,17-19H2,1-4H3,(H2-,52,53,54,55,56,60)/p+1. The summed E-state index contributed by atoms with van der Waals surface area (Å²) in [4.78, 5) is 37.6. The van der Waals surface area contributed by atoms with Gasteiger partial charge in [-0.25, -0.2) is 19.4 Å². The molecule has 4 aromatic carbocycles. The second-order valence-electron chi connectivity index (χ2n) is 15.7. The average Bonchev–Trinajstić information content (AvgIpc) is 3.47. The molecule has 4 heterocycles. The maximum absolute atomic E-state index is 14.2. The van der Waals surface area contributed by atoms with E-state index < -0.39 is 52.2 Å². The van der Waals surface area contributed by atoms with Crippen LogP contribution < -0.4 is 25.2 Å². The van der Waals surface area contributed by atoms with Gasteiger partial charge in [-0.3, -0.25) is 4.90 Å². The molecule has 0 saturated carbocycles. The van der Waals surface area contributed by atoms with Crippen molar-refractivity contribution < 1.29 is 40.7 Å². The van der Waals surface area contributed by atoms with E-state index in [4.69, 9.17) is 27.2 Å². The fourth-order valence-electron chi connectivity index (χ4n) is 8.72. The van der Waals surface area contributed by atoms with E-state index in [9.17, 15) is 35.9 Å². The van der Waals surface area contributed by atoms with Crippen LogP contribution >= 0.6 is 11.6 Å². The van der Waals surface area contributed by atoms with Crippen molar-refractivity contribution in [3.05, 3.63) is 118 Å². The van der Waals surface area contributed by atoms with Gasteiger partial charge in [0, 0.05) is 36.3 Å². The monoisotopic (exact) mass is 877 g/mol. The second-order valence-corrected chi connectivity index (χ2v) is 16.1. The van der Waals surface area contributed by atoms with Gasteiger partial charge in [-0.15, -0.1) is 0 Å². The summed E-state index contributed by atoms with van der Waals surface area (Å²) >= 11 is 7.07. The highest BCUT2D eigenvalue weighted by Gasteiger charge is 2.71. The molecule has 3 amide bonds. The summed E-state index contributed by atoms with van der Waals surface area (Å²) in [6.07, 6.45) is -7.47. The number of alkyl halides is 6. The lowest BCUT2D eigenvalue weighted by Crippen LogP contribution is -2.41. The van der Waals surface area contributed by atoms with Crippen molar-refractivity contribution in [2.45, 2.75) is 77.4 Å². The average molecular weight is 878 g/mol. The quantitative estimate of drug-likeness (QED) is 0.0885. The van der Waals surface area contributed by atoms with Crippen molar-refractivity contribution >= 4 is 57.6 Å². The van der Waals surface area contributed by atoms with Crippen LogP contribution in [0.2, 0.25) is 5.02 Å². The number of nitrogens with zero attached hydrogens (tertiary/aromatic N) is 6. The third-order valence-corrected chi connectivity index (χ3v) is 12.5. The first-order valence-corrected chi connectivity index (χ1v) is 20.1. The molecule has 8 rings (SSSR count). The van der Waals surface area contributed by atoms with Crippen LogP contribution in [0.5, 0.6) is 5.75 Å². The molecule has 4 atom stereocenters. The predicted octanol–water partition coefficient (Wildman–Crippen LogP) is 11.3. The number of nitrogens with one attached hydrogen (secondary N) is 1. The van der Waals surface area contributed by atoms with Gasteiger partial charge in [0.15, 0.2) is 17.7 Å². The zero-order valence-corrected chi connectivity index (χ0v) is 34.5. The number of fused-ring (bicyclic) bond motifs is 2. The Morgan fingerprint density at radius 2 is 1.63 bits per heavy atom. The number of aryl methyl sites for hydroxylation is 2. The van der Waals surface area contributed by atoms with Crippen LogP contribution in [-0.4, -0.2) is 50.5 Å². The fraction of sp³-hybridized carbons (Fsp3) is 0.295. The number of urea groups is 1. The zero-order valence-electron chi connectivity index (χ0n) is 33.8. The Balaban J connectivity index is 1.07. The molecule has 2 aliphatic heterocycles. The first-order valence-electron chi connectivity index (χ1n) is 19.7. The van der Waals surface area contributed by atoms with E-state index in [1.54, 1.807) is 53.2 Å². The van der Waals surface area contributed by atoms with Gasteiger partial charge >= 0.3 is 24.5 Å². The van der Waals surface area contributed by atoms with Crippen molar-refractivity contribution in [3.63, 3.8) is 0 Å². The summed E-state index contributed by atoms with van der Waals surface area (Å²) in [5, 5.41) is 8.23. The number of ether oxygens (including phenoxy) is 1. The SMILES string of the molecule is Cc1ccc(NC(=O)N2CCc3c2ccc(-c2nn(C(C)CCC4C(C)[N+]4(C(=O)Oc4ccccc4)c4ccc(C)c(C(F)(F)F)c4)c4ncnc(N)c24)c3Cl)cc1C(F)(F)F. The number of aromatic nitrogens is 4. The van der Waals surface area contributed by atoms with E-state index in [1.165, 1.54) is 43.3 Å². The molecule has 0 spiro atoms. The van der Waals surface area contributed by atoms with Crippen LogP contribution in [0.3, 0.4) is 0 Å². The van der Waals surface area contributed by atoms with Gasteiger partial charge in [0.25, 0.3) is 0 Å². The topological polar surface area (TPSA) is 128 Å². The molecule has 0 bridgehead atoms. The molecule has 3 N–H and O–H groups in total. The van der Waals surface area contributed by atoms with Gasteiger partial charge in [0.2, 0.25) is 0 Å². The maximum atomic E-state index is 14.2. The minimum absolute atomic E-state index is 0.00988.